The van der Waals surface area contributed by atoms with Crippen molar-refractivity contribution in [2.75, 3.05) is 40.3 Å². The molecule has 1 aliphatic carbocycles. The van der Waals surface area contributed by atoms with Crippen LogP contribution in [0.25, 0.3) is 22.2 Å². The lowest BCUT2D eigenvalue weighted by molar-refractivity contribution is 0.0532. The molecule has 0 unspecified atom stereocenters. The van der Waals surface area contributed by atoms with Gasteiger partial charge in [0.05, 0.1) is 35.6 Å². The van der Waals surface area contributed by atoms with Crippen LogP contribution in [0.3, 0.4) is 0 Å². The molecule has 0 spiro atoms. The van der Waals surface area contributed by atoms with Crippen LogP contribution in [-0.2, 0) is 6.54 Å². The molecule has 1 saturated carbocycles. The molecule has 0 radical (unpaired) electrons. The van der Waals surface area contributed by atoms with E-state index in [2.05, 4.69) is 15.6 Å². The van der Waals surface area contributed by atoms with Gasteiger partial charge in [-0.2, -0.15) is 0 Å². The van der Waals surface area contributed by atoms with Crippen molar-refractivity contribution in [3.8, 4) is 17.0 Å². The summed E-state index contributed by atoms with van der Waals surface area (Å²) in [5.41, 5.74) is 4.17. The lowest BCUT2D eigenvalue weighted by Crippen LogP contribution is -2.50. The van der Waals surface area contributed by atoms with Gasteiger partial charge in [-0.05, 0) is 56.3 Å². The molecule has 1 aliphatic heterocycles. The number of hydrogen-bond donors (Lipinski definition) is 1. The van der Waals surface area contributed by atoms with Crippen molar-refractivity contribution in [3.63, 3.8) is 0 Å². The van der Waals surface area contributed by atoms with Crippen LogP contribution in [-0.4, -0.2) is 81.9 Å². The summed E-state index contributed by atoms with van der Waals surface area (Å²) < 4.78 is 7.25. The molecule has 40 heavy (non-hydrogen) atoms. The van der Waals surface area contributed by atoms with Gasteiger partial charge < -0.3 is 19.9 Å². The Balaban J connectivity index is 1.18. The van der Waals surface area contributed by atoms with Crippen LogP contribution >= 0.6 is 11.6 Å². The van der Waals surface area contributed by atoms with Gasteiger partial charge in [-0.3, -0.25) is 9.59 Å². The number of hydrogen-bond acceptors (Lipinski definition) is 7. The van der Waals surface area contributed by atoms with Gasteiger partial charge >= 0.3 is 0 Å². The lowest BCUT2D eigenvalue weighted by atomic mass is 10.0. The highest BCUT2D eigenvalue weighted by molar-refractivity contribution is 6.35. The number of piperazine rings is 1. The van der Waals surface area contributed by atoms with Crippen LogP contribution in [0.1, 0.15) is 45.3 Å². The van der Waals surface area contributed by atoms with E-state index in [9.17, 15) is 9.59 Å². The van der Waals surface area contributed by atoms with Gasteiger partial charge in [0.1, 0.15) is 5.75 Å². The average molecular weight is 560 g/mol. The average Bonchev–Trinajstić information content (AvgIpc) is 3.72. The van der Waals surface area contributed by atoms with Crippen molar-refractivity contribution in [2.24, 2.45) is 0 Å². The van der Waals surface area contributed by atoms with Gasteiger partial charge in [0, 0.05) is 54.8 Å². The Morgan fingerprint density at radius 3 is 2.48 bits per heavy atom. The van der Waals surface area contributed by atoms with Crippen LogP contribution < -0.4 is 10.1 Å². The van der Waals surface area contributed by atoms with E-state index in [1.165, 1.54) is 0 Å². The van der Waals surface area contributed by atoms with Gasteiger partial charge in [-0.15, -0.1) is 5.10 Å². The predicted molar refractivity (Wildman–Crippen MR) is 152 cm³/mol. The van der Waals surface area contributed by atoms with E-state index in [0.29, 0.717) is 66.3 Å². The molecule has 3 heterocycles. The van der Waals surface area contributed by atoms with Crippen molar-refractivity contribution < 1.29 is 14.3 Å². The third kappa shape index (κ3) is 5.12. The molecule has 11 heteroatoms. The lowest BCUT2D eigenvalue weighted by Gasteiger charge is -2.34. The molecule has 0 atom stereocenters. The zero-order valence-corrected chi connectivity index (χ0v) is 23.2. The second-order valence-electron chi connectivity index (χ2n) is 10.2. The van der Waals surface area contributed by atoms with Gasteiger partial charge in [0.15, 0.2) is 5.69 Å². The molecular weight excluding hydrogens is 530 g/mol. The quantitative estimate of drug-likeness (QED) is 0.367. The van der Waals surface area contributed by atoms with Crippen LogP contribution in [0.5, 0.6) is 5.75 Å². The maximum absolute atomic E-state index is 13.4. The van der Waals surface area contributed by atoms with E-state index < -0.39 is 0 Å². The number of aromatic nitrogens is 4. The molecule has 0 bridgehead atoms. The van der Waals surface area contributed by atoms with Gasteiger partial charge in [0.2, 0.25) is 0 Å². The van der Waals surface area contributed by atoms with Crippen LogP contribution in [0.2, 0.25) is 5.02 Å². The Morgan fingerprint density at radius 2 is 1.77 bits per heavy atom. The third-order valence-corrected chi connectivity index (χ3v) is 7.77. The summed E-state index contributed by atoms with van der Waals surface area (Å²) in [6.45, 7) is 2.40. The Bertz CT molecular complexity index is 1590. The number of fused-ring (bicyclic) bond motifs is 1. The van der Waals surface area contributed by atoms with Crippen LogP contribution in [0.4, 0.5) is 0 Å². The summed E-state index contributed by atoms with van der Waals surface area (Å²) in [7, 11) is 3.53. The topological polar surface area (TPSA) is 105 Å². The molecule has 2 aliphatic rings. The standard InChI is InChI=1S/C29H30ClN7O3/c1-31-16-20-13-18(4-8-27(20)40-2)24-15-23(30)22-7-3-19(14-25(22)32-24)28(38)35-9-11-36(12-10-35)29(39)26-17-37(34-33-26)21-5-6-21/h3-4,7-8,13-15,17,21,31H,5-6,9-12,16H2,1-2H3. The number of ether oxygens (including phenoxy) is 1. The van der Waals surface area contributed by atoms with E-state index in [-0.39, 0.29) is 11.8 Å². The molecule has 1 saturated heterocycles. The van der Waals surface area contributed by atoms with Crippen LogP contribution in [0.15, 0.2) is 48.7 Å². The minimum atomic E-state index is -0.146. The maximum atomic E-state index is 13.4. The molecule has 2 aromatic carbocycles. The highest BCUT2D eigenvalue weighted by atomic mass is 35.5. The number of nitrogens with one attached hydrogen (secondary N) is 1. The number of pyridine rings is 1. The minimum Gasteiger partial charge on any atom is -0.496 e. The first-order chi connectivity index (χ1) is 19.4. The number of methoxy groups -OCH3 is 1. The molecule has 2 amide bonds. The Morgan fingerprint density at radius 1 is 1.02 bits per heavy atom. The Kier molecular flexibility index (Phi) is 7.12. The van der Waals surface area contributed by atoms with Gasteiger partial charge in [0.25, 0.3) is 11.8 Å². The number of rotatable bonds is 7. The molecule has 1 N–H and O–H groups in total. The first kappa shape index (κ1) is 26.2. The molecule has 6 rings (SSSR count). The number of amides is 2. The number of carbonyl (C=O) groups is 2. The molecule has 2 fully saturated rings. The maximum Gasteiger partial charge on any atom is 0.276 e. The Hall–Kier alpha value is -4.02. The second-order valence-corrected chi connectivity index (χ2v) is 10.6. The highest BCUT2D eigenvalue weighted by Crippen LogP contribution is 2.34. The summed E-state index contributed by atoms with van der Waals surface area (Å²) in [6.07, 6.45) is 3.88. The van der Waals surface area contributed by atoms with E-state index in [1.54, 1.807) is 39.9 Å². The summed E-state index contributed by atoms with van der Waals surface area (Å²) in [4.78, 5) is 34.7. The predicted octanol–water partition coefficient (Wildman–Crippen LogP) is 3.81. The fourth-order valence-corrected chi connectivity index (χ4v) is 5.35. The first-order valence-electron chi connectivity index (χ1n) is 13.4. The second kappa shape index (κ2) is 10.9. The molecule has 10 nitrogen and oxygen atoms in total. The fourth-order valence-electron chi connectivity index (χ4n) is 5.08. The Labute approximate surface area is 236 Å². The number of halogens is 1. The van der Waals surface area contributed by atoms with Crippen molar-refractivity contribution >= 4 is 34.3 Å². The third-order valence-electron chi connectivity index (χ3n) is 7.45. The first-order valence-corrected chi connectivity index (χ1v) is 13.8. The molecule has 4 aromatic rings. The van der Waals surface area contributed by atoms with E-state index in [1.807, 2.05) is 37.4 Å². The normalized spacial score (nSPS) is 15.5. The summed E-state index contributed by atoms with van der Waals surface area (Å²) in [5.74, 6) is 0.550. The zero-order chi connectivity index (χ0) is 27.8. The number of benzene rings is 2. The molecular formula is C29H30ClN7O3. The summed E-state index contributed by atoms with van der Waals surface area (Å²) >= 11 is 6.65. The summed E-state index contributed by atoms with van der Waals surface area (Å²) in [5, 5.41) is 12.6. The van der Waals surface area contributed by atoms with E-state index in [0.717, 1.165) is 35.1 Å². The smallest absolute Gasteiger partial charge is 0.276 e. The molecule has 2 aromatic heterocycles. The van der Waals surface area contributed by atoms with Crippen LogP contribution in [0, 0.1) is 0 Å². The highest BCUT2D eigenvalue weighted by Gasteiger charge is 2.29. The van der Waals surface area contributed by atoms with Gasteiger partial charge in [-0.1, -0.05) is 22.9 Å². The fraction of sp³-hybridized carbons (Fsp3) is 0.345. The van der Waals surface area contributed by atoms with E-state index in [4.69, 9.17) is 21.3 Å². The molecule has 206 valence electrons. The summed E-state index contributed by atoms with van der Waals surface area (Å²) in [6, 6.07) is 13.5. The number of carbonyl (C=O) groups excluding carboxylic acids is 2. The SMILES string of the molecule is CNCc1cc(-c2cc(Cl)c3ccc(C(=O)N4CCN(C(=O)c5cn(C6CC6)nn5)CC4)cc3n2)ccc1OC. The zero-order valence-electron chi connectivity index (χ0n) is 22.4. The minimum absolute atomic E-state index is 0.0993. The van der Waals surface area contributed by atoms with Crippen molar-refractivity contribution in [1.82, 2.24) is 35.1 Å². The monoisotopic (exact) mass is 559 g/mol. The van der Waals surface area contributed by atoms with Crippen molar-refractivity contribution in [1.29, 1.82) is 0 Å². The van der Waals surface area contributed by atoms with Crippen molar-refractivity contribution in [2.45, 2.75) is 25.4 Å². The van der Waals surface area contributed by atoms with Crippen molar-refractivity contribution in [3.05, 3.63) is 70.5 Å². The van der Waals surface area contributed by atoms with Gasteiger partial charge in [-0.25, -0.2) is 9.67 Å². The largest absolute Gasteiger partial charge is 0.496 e. The van der Waals surface area contributed by atoms with E-state index >= 15 is 0 Å². The number of nitrogens with zero attached hydrogens (tertiary/aromatic N) is 6.